The first kappa shape index (κ1) is 120. The molecule has 7 N–H and O–H groups in total. The number of hydrogen-bond donors (Lipinski definition) is 7. The van der Waals surface area contributed by atoms with Crippen molar-refractivity contribution in [3.63, 3.8) is 0 Å². The van der Waals surface area contributed by atoms with Gasteiger partial charge in [-0.3, -0.25) is 76.7 Å². The van der Waals surface area contributed by atoms with E-state index in [2.05, 4.69) is 26.6 Å². The summed E-state index contributed by atoms with van der Waals surface area (Å²) in [4.78, 5) is 205. The highest BCUT2D eigenvalue weighted by atomic mass is 16.4. The van der Waals surface area contributed by atoms with E-state index in [-0.39, 0.29) is 132 Å². The average molecular weight is 1740 g/mol. The fourth-order valence-corrected chi connectivity index (χ4v) is 11.2. The summed E-state index contributed by atoms with van der Waals surface area (Å²) in [5.41, 5.74) is 4.14. The Kier molecular flexibility index (Phi) is 63.7. The minimum absolute atomic E-state index is 0. The molecule has 0 aliphatic heterocycles. The van der Waals surface area contributed by atoms with Crippen LogP contribution < -0.4 is 26.6 Å². The van der Waals surface area contributed by atoms with Crippen LogP contribution in [-0.4, -0.2) is 146 Å². The standard InChI is InChI=1S/C21H23NO4.C16H21NO4.C15H21NO2.C13H16O2.C10H19NO2.C9H17NO2.C8H14O2.C7H12O2.CH4/c1-14(2)18(16-11-7-4-8-12-16)19(23)20(24)22-17(21(25)26)13-15-9-5-3-6-10-15;1-11(2)8-9-14(18)15(19)17-13(16(20)21)10-12-6-4-3-5-7-12;1-10(2)13(12-8-6-5-7-9-12)14(17)15(18)16-11(3)4;1-9(2)12(13(15)10(3)14)11-7-5-4-6-8-11;1-7(2)5-6-9(12)10(13)11-8(3)4;1-6(2)5-8(11)9(12)10-7(3)4;1-6(2)4-5-8(10)7(3)9;1-5(2)4-7(9)6(3)8;/h3-12,14,17-18H,13H2,1-2H3,(H,22,24)(H,25,26);3-7,11,13H,8-10H2,1-2H3,(H,17,19)(H,20,21);5-11,13H,1-4H3,(H,16,18);4-9,12H,1-3H3;7-8H,5-6H2,1-4H3,(H,11,13);6-7H,5H2,1-4H3,(H,10,12);6H,4-5H2,1-3H3;5H,4H2,1-3H3;1H4. The van der Waals surface area contributed by atoms with Crippen LogP contribution >= 0.6 is 0 Å². The zero-order valence-electron chi connectivity index (χ0n) is 78.0. The number of carbonyl (C=O) groups excluding carboxylic acids is 16. The Morgan fingerprint density at radius 3 is 0.736 bits per heavy atom. The second kappa shape index (κ2) is 66.3. The highest BCUT2D eigenvalue weighted by molar-refractivity contribution is 6.40. The SMILES string of the molecule is C.CC(=O)C(=O)C(c1ccccc1)C(C)C.CC(=O)C(=O)CC(C)C.CC(=O)C(=O)CCC(C)C.CC(C)C(C(=O)C(=O)NC(Cc1ccccc1)C(=O)O)c1ccccc1.CC(C)CC(=O)C(=O)NC(C)C.CC(C)CCC(=O)C(=O)NC(C)C.CC(C)CCC(=O)C(=O)NC(Cc1ccccc1)C(=O)O.CC(C)NC(=O)C(=O)C(c1ccccc1)C(C)C. The van der Waals surface area contributed by atoms with Crippen molar-refractivity contribution in [2.75, 3.05) is 0 Å². The van der Waals surface area contributed by atoms with Gasteiger partial charge in [0.15, 0.2) is 28.9 Å². The molecule has 0 saturated heterocycles. The molecule has 0 radical (unpaired) electrons. The van der Waals surface area contributed by atoms with Crippen LogP contribution in [0.15, 0.2) is 152 Å². The molecule has 0 heterocycles. The molecule has 5 unspecified atom stereocenters. The largest absolute Gasteiger partial charge is 0.480 e. The summed E-state index contributed by atoms with van der Waals surface area (Å²) in [5, 5.41) is 31.0. The van der Waals surface area contributed by atoms with E-state index in [0.717, 1.165) is 40.7 Å². The van der Waals surface area contributed by atoms with Gasteiger partial charge in [-0.2, -0.15) is 0 Å². The second-order valence-electron chi connectivity index (χ2n) is 34.3. The molecule has 125 heavy (non-hydrogen) atoms. The second-order valence-corrected chi connectivity index (χ2v) is 34.3. The Hall–Kier alpha value is -11.2. The molecule has 5 rings (SSSR count). The summed E-state index contributed by atoms with van der Waals surface area (Å²) < 4.78 is 0. The van der Waals surface area contributed by atoms with E-state index >= 15 is 0 Å². The van der Waals surface area contributed by atoms with Crippen LogP contribution in [0.2, 0.25) is 0 Å². The summed E-state index contributed by atoms with van der Waals surface area (Å²) in [6, 6.07) is 43.8. The normalized spacial score (nSPS) is 11.6. The van der Waals surface area contributed by atoms with Crippen LogP contribution in [0, 0.1) is 47.3 Å². The molecule has 5 aromatic rings. The van der Waals surface area contributed by atoms with Gasteiger partial charge >= 0.3 is 11.9 Å². The maximum Gasteiger partial charge on any atom is 0.326 e. The summed E-state index contributed by atoms with van der Waals surface area (Å²) in [7, 11) is 0. The number of carboxylic acid groups (broad SMARTS) is 2. The topological polar surface area (TPSA) is 408 Å². The summed E-state index contributed by atoms with van der Waals surface area (Å²) in [5.74, 6) is -8.68. The molecule has 692 valence electrons. The van der Waals surface area contributed by atoms with Crippen LogP contribution in [0.5, 0.6) is 0 Å². The van der Waals surface area contributed by atoms with Gasteiger partial charge in [0, 0.05) is 83.8 Å². The summed E-state index contributed by atoms with van der Waals surface area (Å²) in [6.45, 7) is 46.3. The minimum Gasteiger partial charge on any atom is -0.480 e. The van der Waals surface area contributed by atoms with Gasteiger partial charge in [0.2, 0.25) is 34.7 Å². The first-order valence-electron chi connectivity index (χ1n) is 42.7. The third-order valence-electron chi connectivity index (χ3n) is 17.7. The molecular weight excluding hydrogens is 1590 g/mol. The molecule has 0 saturated carbocycles. The van der Waals surface area contributed by atoms with Crippen molar-refractivity contribution >= 4 is 105 Å². The van der Waals surface area contributed by atoms with Gasteiger partial charge in [-0.05, 0) is 136 Å². The number of aliphatic carboxylic acids is 2. The van der Waals surface area contributed by atoms with E-state index in [1.807, 2.05) is 243 Å². The molecule has 5 aromatic carbocycles. The minimum atomic E-state index is -1.17. The molecule has 0 spiro atoms. The molecule has 0 aromatic heterocycles. The predicted molar refractivity (Wildman–Crippen MR) is 491 cm³/mol. The number of hydrogen-bond acceptors (Lipinski definition) is 18. The third kappa shape index (κ3) is 57.0. The molecular formula is C100H147N5O20. The number of ketones is 11. The maximum absolute atomic E-state index is 12.7. The van der Waals surface area contributed by atoms with Crippen LogP contribution in [0.1, 0.15) is 277 Å². The molecule has 0 aliphatic carbocycles. The lowest BCUT2D eigenvalue weighted by atomic mass is 9.84. The number of benzene rings is 5. The number of carbonyl (C=O) groups is 18. The average Bonchev–Trinajstić information content (AvgIpc) is 0.841. The Balaban J connectivity index is -0.000000684. The van der Waals surface area contributed by atoms with Crippen LogP contribution in [-0.2, 0) is 99.1 Å². The Morgan fingerprint density at radius 1 is 0.264 bits per heavy atom. The van der Waals surface area contributed by atoms with Crippen molar-refractivity contribution in [3.05, 3.63) is 179 Å². The van der Waals surface area contributed by atoms with E-state index in [0.29, 0.717) is 55.8 Å². The number of amides is 5. The van der Waals surface area contributed by atoms with Crippen molar-refractivity contribution in [3.8, 4) is 0 Å². The monoisotopic (exact) mass is 1740 g/mol. The maximum atomic E-state index is 12.7. The van der Waals surface area contributed by atoms with Gasteiger partial charge in [-0.15, -0.1) is 0 Å². The Morgan fingerprint density at radius 2 is 0.496 bits per heavy atom. The number of rotatable bonds is 41. The fraction of sp³-hybridized carbons (Fsp3) is 0.520. The molecule has 25 heteroatoms. The Labute approximate surface area is 743 Å². The van der Waals surface area contributed by atoms with Crippen molar-refractivity contribution in [2.24, 2.45) is 47.3 Å². The quantitative estimate of drug-likeness (QED) is 0.0179. The molecule has 0 fully saturated rings. The molecule has 5 amide bonds. The van der Waals surface area contributed by atoms with E-state index in [1.54, 1.807) is 60.7 Å². The van der Waals surface area contributed by atoms with Gasteiger partial charge in [-0.1, -0.05) is 270 Å². The van der Waals surface area contributed by atoms with Gasteiger partial charge < -0.3 is 36.8 Å². The highest BCUT2D eigenvalue weighted by Crippen LogP contribution is 2.28. The first-order chi connectivity index (χ1) is 57.7. The number of carboxylic acids is 2. The van der Waals surface area contributed by atoms with Gasteiger partial charge in [0.05, 0.1) is 17.8 Å². The van der Waals surface area contributed by atoms with E-state index in [9.17, 15) is 91.4 Å². The number of Topliss-reactive ketones (excluding diaryl/α,β-unsaturated/α-hetero) is 11. The van der Waals surface area contributed by atoms with Crippen molar-refractivity contribution < 1.29 is 96.5 Å². The Bertz CT molecular complexity index is 4110. The predicted octanol–water partition coefficient (Wildman–Crippen LogP) is 15.8. The summed E-state index contributed by atoms with van der Waals surface area (Å²) >= 11 is 0. The zero-order chi connectivity index (χ0) is 95.8. The van der Waals surface area contributed by atoms with Crippen LogP contribution in [0.4, 0.5) is 0 Å². The van der Waals surface area contributed by atoms with Gasteiger partial charge in [-0.25, -0.2) is 9.59 Å². The van der Waals surface area contributed by atoms with E-state index < -0.39 is 71.0 Å². The third-order valence-corrected chi connectivity index (χ3v) is 17.7. The first-order valence-corrected chi connectivity index (χ1v) is 42.7. The van der Waals surface area contributed by atoms with Gasteiger partial charge in [0.1, 0.15) is 12.1 Å². The molecule has 5 atom stereocenters. The number of nitrogens with one attached hydrogen (secondary N) is 5. The van der Waals surface area contributed by atoms with Crippen molar-refractivity contribution in [1.82, 2.24) is 26.6 Å². The molecule has 0 bridgehead atoms. The lowest BCUT2D eigenvalue weighted by molar-refractivity contribution is -0.145. The van der Waals surface area contributed by atoms with E-state index in [1.165, 1.54) is 20.8 Å². The fourth-order valence-electron chi connectivity index (χ4n) is 11.2. The highest BCUT2D eigenvalue weighted by Gasteiger charge is 2.34. The van der Waals surface area contributed by atoms with Crippen molar-refractivity contribution in [2.45, 2.75) is 293 Å². The van der Waals surface area contributed by atoms with Crippen molar-refractivity contribution in [1.29, 1.82) is 0 Å². The van der Waals surface area contributed by atoms with Gasteiger partial charge in [0.25, 0.3) is 29.5 Å². The van der Waals surface area contributed by atoms with E-state index in [4.69, 9.17) is 5.11 Å². The lowest BCUT2D eigenvalue weighted by Crippen LogP contribution is -2.46. The molecule has 25 nitrogen and oxygen atoms in total. The molecule has 0 aliphatic rings. The van der Waals surface area contributed by atoms with Crippen LogP contribution in [0.3, 0.4) is 0 Å². The zero-order valence-corrected chi connectivity index (χ0v) is 78.0. The smallest absolute Gasteiger partial charge is 0.326 e. The van der Waals surface area contributed by atoms with Crippen LogP contribution in [0.25, 0.3) is 0 Å². The summed E-state index contributed by atoms with van der Waals surface area (Å²) in [6.07, 6.45) is 4.11. The lowest BCUT2D eigenvalue weighted by Gasteiger charge is -2.21.